The molecule has 0 radical (unpaired) electrons. The molecule has 4 rings (SSSR count). The Morgan fingerprint density at radius 1 is 1.03 bits per heavy atom. The number of aromatic nitrogens is 5. The van der Waals surface area contributed by atoms with Gasteiger partial charge in [0.25, 0.3) is 0 Å². The number of benzene rings is 2. The predicted molar refractivity (Wildman–Crippen MR) is 115 cm³/mol. The molecule has 6 nitrogen and oxygen atoms in total. The van der Waals surface area contributed by atoms with Crippen LogP contribution in [0.1, 0.15) is 37.1 Å². The maximum Gasteiger partial charge on any atom is 0.416 e. The van der Waals surface area contributed by atoms with Crippen LogP contribution in [0, 0.1) is 0 Å². The van der Waals surface area contributed by atoms with Crippen molar-refractivity contribution in [3.05, 3.63) is 70.9 Å². The van der Waals surface area contributed by atoms with Crippen LogP contribution in [0.2, 0.25) is 5.02 Å². The largest absolute Gasteiger partial charge is 0.424 e. The molecular formula is C21H17ClF3N5OS. The van der Waals surface area contributed by atoms with Crippen molar-refractivity contribution < 1.29 is 17.6 Å². The van der Waals surface area contributed by atoms with Crippen LogP contribution in [0.25, 0.3) is 17.1 Å². The molecule has 0 unspecified atom stereocenters. The number of rotatable bonds is 6. The number of nitrogens with zero attached hydrogens (tertiary/aromatic N) is 5. The second-order valence-corrected chi connectivity index (χ2v) is 8.50. The van der Waals surface area contributed by atoms with Gasteiger partial charge in [0.15, 0.2) is 11.0 Å². The molecule has 11 heteroatoms. The lowest BCUT2D eigenvalue weighted by Gasteiger charge is -2.13. The van der Waals surface area contributed by atoms with Gasteiger partial charge in [0.2, 0.25) is 11.8 Å². The average Bonchev–Trinajstić information content (AvgIpc) is 3.39. The van der Waals surface area contributed by atoms with Gasteiger partial charge in [0.05, 0.1) is 22.0 Å². The van der Waals surface area contributed by atoms with Gasteiger partial charge in [-0.05, 0) is 30.3 Å². The Morgan fingerprint density at radius 3 is 2.50 bits per heavy atom. The van der Waals surface area contributed by atoms with Gasteiger partial charge in [-0.15, -0.1) is 20.4 Å². The van der Waals surface area contributed by atoms with Crippen LogP contribution in [0.15, 0.2) is 58.1 Å². The minimum Gasteiger partial charge on any atom is -0.424 e. The van der Waals surface area contributed by atoms with E-state index in [1.54, 1.807) is 34.9 Å². The minimum atomic E-state index is -4.49. The molecule has 2 aromatic heterocycles. The van der Waals surface area contributed by atoms with E-state index in [4.69, 9.17) is 16.0 Å². The molecule has 0 atom stereocenters. The highest BCUT2D eigenvalue weighted by atomic mass is 35.5. The van der Waals surface area contributed by atoms with Crippen molar-refractivity contribution in [2.75, 3.05) is 0 Å². The molecule has 0 saturated heterocycles. The fourth-order valence-corrected chi connectivity index (χ4v) is 3.93. The van der Waals surface area contributed by atoms with Crippen LogP contribution in [0.5, 0.6) is 0 Å². The van der Waals surface area contributed by atoms with Crippen molar-refractivity contribution in [2.45, 2.75) is 36.9 Å². The van der Waals surface area contributed by atoms with E-state index in [1.807, 2.05) is 13.8 Å². The Hall–Kier alpha value is -2.85. The summed E-state index contributed by atoms with van der Waals surface area (Å²) < 4.78 is 47.2. The third-order valence-electron chi connectivity index (χ3n) is 4.48. The van der Waals surface area contributed by atoms with Gasteiger partial charge in [-0.3, -0.25) is 4.57 Å². The Balaban J connectivity index is 1.76. The minimum absolute atomic E-state index is 0.0850. The highest BCUT2D eigenvalue weighted by Crippen LogP contribution is 2.35. The summed E-state index contributed by atoms with van der Waals surface area (Å²) in [5.74, 6) is 1.58. The summed E-state index contributed by atoms with van der Waals surface area (Å²) in [5, 5.41) is 17.2. The van der Waals surface area contributed by atoms with Gasteiger partial charge in [0.1, 0.15) is 0 Å². The molecule has 0 aliphatic carbocycles. The third-order valence-corrected chi connectivity index (χ3v) is 5.72. The van der Waals surface area contributed by atoms with E-state index < -0.39 is 11.7 Å². The molecule has 2 heterocycles. The third kappa shape index (κ3) is 4.66. The van der Waals surface area contributed by atoms with Gasteiger partial charge in [-0.2, -0.15) is 13.2 Å². The van der Waals surface area contributed by atoms with Crippen molar-refractivity contribution in [1.82, 2.24) is 25.0 Å². The van der Waals surface area contributed by atoms with E-state index in [0.717, 1.165) is 12.1 Å². The quantitative estimate of drug-likeness (QED) is 0.298. The van der Waals surface area contributed by atoms with E-state index in [-0.39, 0.29) is 17.4 Å². The first kappa shape index (κ1) is 22.3. The molecule has 0 aliphatic rings. The summed E-state index contributed by atoms with van der Waals surface area (Å²) in [6, 6.07) is 11.9. The van der Waals surface area contributed by atoms with Gasteiger partial charge >= 0.3 is 6.18 Å². The normalized spacial score (nSPS) is 12.0. The Bertz CT molecular complexity index is 1240. The molecule has 0 fully saturated rings. The zero-order chi connectivity index (χ0) is 22.9. The van der Waals surface area contributed by atoms with Crippen molar-refractivity contribution >= 4 is 23.4 Å². The second-order valence-electron chi connectivity index (χ2n) is 7.15. The van der Waals surface area contributed by atoms with Crippen molar-refractivity contribution in [1.29, 1.82) is 0 Å². The first-order valence-corrected chi connectivity index (χ1v) is 10.9. The number of hydrogen-bond donors (Lipinski definition) is 0. The predicted octanol–water partition coefficient (Wildman–Crippen LogP) is 6.41. The van der Waals surface area contributed by atoms with Gasteiger partial charge < -0.3 is 4.42 Å². The molecule has 0 amide bonds. The monoisotopic (exact) mass is 479 g/mol. The number of halogens is 4. The van der Waals surface area contributed by atoms with E-state index in [9.17, 15) is 13.2 Å². The first-order chi connectivity index (χ1) is 15.2. The van der Waals surface area contributed by atoms with E-state index in [1.165, 1.54) is 17.8 Å². The molecule has 0 N–H and O–H groups in total. The van der Waals surface area contributed by atoms with Crippen LogP contribution >= 0.6 is 23.4 Å². The average molecular weight is 480 g/mol. The Kier molecular flexibility index (Phi) is 6.25. The fraction of sp³-hybridized carbons (Fsp3) is 0.238. The molecule has 32 heavy (non-hydrogen) atoms. The fourth-order valence-electron chi connectivity index (χ4n) is 2.92. The van der Waals surface area contributed by atoms with Gasteiger partial charge in [-0.25, -0.2) is 0 Å². The second kappa shape index (κ2) is 8.95. The smallest absolute Gasteiger partial charge is 0.416 e. The van der Waals surface area contributed by atoms with Gasteiger partial charge in [0, 0.05) is 11.5 Å². The molecule has 0 aliphatic heterocycles. The lowest BCUT2D eigenvalue weighted by Crippen LogP contribution is -2.07. The number of hydrogen-bond acceptors (Lipinski definition) is 6. The highest BCUT2D eigenvalue weighted by molar-refractivity contribution is 7.98. The van der Waals surface area contributed by atoms with E-state index >= 15 is 0 Å². The topological polar surface area (TPSA) is 69.6 Å². The molecule has 166 valence electrons. The van der Waals surface area contributed by atoms with Crippen LogP contribution in [-0.2, 0) is 11.9 Å². The summed E-state index contributed by atoms with van der Waals surface area (Å²) >= 11 is 7.56. The Labute approximate surface area is 190 Å². The first-order valence-electron chi connectivity index (χ1n) is 9.57. The highest BCUT2D eigenvalue weighted by Gasteiger charge is 2.31. The summed E-state index contributed by atoms with van der Waals surface area (Å²) in [7, 11) is 0. The standard InChI is InChI=1S/C21H17ClF3N5OS/c1-12(2)19-28-26-17(31-19)11-32-20-29-27-18(15-8-3-4-9-16(15)22)30(20)14-7-5-6-13(10-14)21(23,24)25/h3-10,12H,11H2,1-2H3. The zero-order valence-electron chi connectivity index (χ0n) is 17.0. The number of alkyl halides is 3. The van der Waals surface area contributed by atoms with Crippen molar-refractivity contribution in [3.8, 4) is 17.1 Å². The van der Waals surface area contributed by atoms with Crippen LogP contribution in [-0.4, -0.2) is 25.0 Å². The molecule has 0 saturated carbocycles. The lowest BCUT2D eigenvalue weighted by molar-refractivity contribution is -0.137. The van der Waals surface area contributed by atoms with E-state index in [2.05, 4.69) is 20.4 Å². The van der Waals surface area contributed by atoms with Crippen LogP contribution in [0.4, 0.5) is 13.2 Å². The SMILES string of the molecule is CC(C)c1nnc(CSc2nnc(-c3ccccc3Cl)n2-c2cccc(C(F)(F)F)c2)o1. The van der Waals surface area contributed by atoms with Crippen LogP contribution < -0.4 is 0 Å². The summed E-state index contributed by atoms with van der Waals surface area (Å²) in [4.78, 5) is 0. The molecular weight excluding hydrogens is 463 g/mol. The summed E-state index contributed by atoms with van der Waals surface area (Å²) in [5.41, 5.74) is 0.0321. The zero-order valence-corrected chi connectivity index (χ0v) is 18.5. The molecule has 2 aromatic carbocycles. The molecule has 4 aromatic rings. The molecule has 0 bridgehead atoms. The summed E-state index contributed by atoms with van der Waals surface area (Å²) in [6.07, 6.45) is -4.49. The molecule has 0 spiro atoms. The van der Waals surface area contributed by atoms with Gasteiger partial charge in [-0.1, -0.05) is 55.4 Å². The maximum absolute atomic E-state index is 13.3. The lowest BCUT2D eigenvalue weighted by atomic mass is 10.1. The maximum atomic E-state index is 13.3. The van der Waals surface area contributed by atoms with E-state index in [0.29, 0.717) is 33.3 Å². The van der Waals surface area contributed by atoms with Crippen molar-refractivity contribution in [3.63, 3.8) is 0 Å². The summed E-state index contributed by atoms with van der Waals surface area (Å²) in [6.45, 7) is 3.87. The Morgan fingerprint density at radius 2 is 1.81 bits per heavy atom. The van der Waals surface area contributed by atoms with Crippen molar-refractivity contribution in [2.24, 2.45) is 0 Å². The van der Waals surface area contributed by atoms with Crippen LogP contribution in [0.3, 0.4) is 0 Å². The number of thioether (sulfide) groups is 1.